The van der Waals surface area contributed by atoms with Crippen molar-refractivity contribution >= 4 is 16.7 Å². The molecule has 0 fully saturated rings. The van der Waals surface area contributed by atoms with Crippen LogP contribution in [0.3, 0.4) is 0 Å². The van der Waals surface area contributed by atoms with E-state index in [4.69, 9.17) is 0 Å². The molecule has 0 amide bonds. The van der Waals surface area contributed by atoms with Gasteiger partial charge in [0.25, 0.3) is 5.56 Å². The fourth-order valence-corrected chi connectivity index (χ4v) is 1.68. The van der Waals surface area contributed by atoms with Gasteiger partial charge in [0, 0.05) is 24.5 Å². The number of H-pyrrole nitrogens is 1. The van der Waals surface area contributed by atoms with Crippen LogP contribution in [-0.4, -0.2) is 14.4 Å². The molecule has 0 atom stereocenters. The average molecular weight is 221 g/mol. The van der Waals surface area contributed by atoms with Crippen molar-refractivity contribution < 1.29 is 8.78 Å². The predicted octanol–water partition coefficient (Wildman–Crippen LogP) is 1.45. The lowest BCUT2D eigenvalue weighted by Crippen LogP contribution is -2.11. The summed E-state index contributed by atoms with van der Waals surface area (Å²) in [6.07, 6.45) is 2.94. The van der Waals surface area contributed by atoms with E-state index in [1.54, 1.807) is 0 Å². The molecule has 2 heterocycles. The van der Waals surface area contributed by atoms with E-state index in [1.165, 1.54) is 16.8 Å². The molecule has 2 aromatic heterocycles. The number of nitrogens with zero attached hydrogens (tertiary/aromatic N) is 2. The van der Waals surface area contributed by atoms with Crippen LogP contribution >= 0.6 is 0 Å². The lowest BCUT2D eigenvalue weighted by atomic mass is 10.3. The quantitative estimate of drug-likeness (QED) is 0.624. The van der Waals surface area contributed by atoms with Crippen LogP contribution in [0.2, 0.25) is 0 Å². The van der Waals surface area contributed by atoms with Gasteiger partial charge in [-0.2, -0.15) is 0 Å². The van der Waals surface area contributed by atoms with Crippen LogP contribution in [-0.2, 0) is 0 Å². The number of imidazole rings is 1. The second-order valence-electron chi connectivity index (χ2n) is 3.36. The summed E-state index contributed by atoms with van der Waals surface area (Å²) in [6.45, 7) is 0. The standard InChI is InChI=1S/C10H5F2N3O/c11-5-3-7-8(4-6(5)12)15-2-1-13-9(15)10(16)14-7/h1-4H,(H,14,16). The van der Waals surface area contributed by atoms with E-state index in [9.17, 15) is 13.6 Å². The van der Waals surface area contributed by atoms with Crippen LogP contribution in [0.1, 0.15) is 0 Å². The Hall–Kier alpha value is -2.24. The fourth-order valence-electron chi connectivity index (χ4n) is 1.68. The maximum Gasteiger partial charge on any atom is 0.292 e. The van der Waals surface area contributed by atoms with Crippen molar-refractivity contribution in [1.29, 1.82) is 0 Å². The SMILES string of the molecule is O=c1[nH]c2cc(F)c(F)cc2n2ccnc12. The van der Waals surface area contributed by atoms with E-state index < -0.39 is 17.2 Å². The smallest absolute Gasteiger partial charge is 0.292 e. The van der Waals surface area contributed by atoms with E-state index in [1.807, 2.05) is 0 Å². The van der Waals surface area contributed by atoms with Crippen LogP contribution in [0.25, 0.3) is 16.7 Å². The van der Waals surface area contributed by atoms with Gasteiger partial charge in [-0.05, 0) is 0 Å². The van der Waals surface area contributed by atoms with E-state index in [0.29, 0.717) is 5.52 Å². The molecule has 1 N–H and O–H groups in total. The fraction of sp³-hybridized carbons (Fsp3) is 0. The largest absolute Gasteiger partial charge is 0.317 e. The predicted molar refractivity (Wildman–Crippen MR) is 53.2 cm³/mol. The molecule has 0 radical (unpaired) electrons. The van der Waals surface area contributed by atoms with Crippen molar-refractivity contribution in [1.82, 2.24) is 14.4 Å². The third-order valence-electron chi connectivity index (χ3n) is 2.39. The molecule has 0 bridgehead atoms. The highest BCUT2D eigenvalue weighted by Gasteiger charge is 2.09. The Kier molecular flexibility index (Phi) is 1.62. The van der Waals surface area contributed by atoms with Gasteiger partial charge in [-0.15, -0.1) is 0 Å². The second-order valence-corrected chi connectivity index (χ2v) is 3.36. The minimum Gasteiger partial charge on any atom is -0.317 e. The summed E-state index contributed by atoms with van der Waals surface area (Å²) in [5, 5.41) is 0. The van der Waals surface area contributed by atoms with Crippen molar-refractivity contribution in [3.8, 4) is 0 Å². The lowest BCUT2D eigenvalue weighted by Gasteiger charge is -2.02. The molecule has 0 saturated heterocycles. The highest BCUT2D eigenvalue weighted by Crippen LogP contribution is 2.16. The molecule has 0 spiro atoms. The number of halogens is 2. The van der Waals surface area contributed by atoms with Gasteiger partial charge in [0.15, 0.2) is 11.6 Å². The zero-order valence-corrected chi connectivity index (χ0v) is 7.87. The Labute approximate surface area is 87.2 Å². The van der Waals surface area contributed by atoms with Crippen LogP contribution in [0.4, 0.5) is 8.78 Å². The van der Waals surface area contributed by atoms with E-state index in [0.717, 1.165) is 12.1 Å². The molecular formula is C10H5F2N3O. The minimum atomic E-state index is -0.998. The van der Waals surface area contributed by atoms with Gasteiger partial charge >= 0.3 is 0 Å². The van der Waals surface area contributed by atoms with Crippen LogP contribution in [0.5, 0.6) is 0 Å². The molecule has 16 heavy (non-hydrogen) atoms. The first-order valence-electron chi connectivity index (χ1n) is 4.51. The second kappa shape index (κ2) is 2.88. The van der Waals surface area contributed by atoms with Gasteiger partial charge in [-0.25, -0.2) is 13.8 Å². The molecule has 1 aromatic carbocycles. The zero-order valence-electron chi connectivity index (χ0n) is 7.87. The number of aromatic amines is 1. The summed E-state index contributed by atoms with van der Waals surface area (Å²) in [5.74, 6) is -1.96. The Balaban J connectivity index is 2.64. The number of nitrogens with one attached hydrogen (secondary N) is 1. The summed E-state index contributed by atoms with van der Waals surface area (Å²) in [6, 6.07) is 1.97. The monoisotopic (exact) mass is 221 g/mol. The van der Waals surface area contributed by atoms with Crippen molar-refractivity contribution in [2.45, 2.75) is 0 Å². The first-order chi connectivity index (χ1) is 7.66. The summed E-state index contributed by atoms with van der Waals surface area (Å²) in [5.41, 5.74) is 0.308. The lowest BCUT2D eigenvalue weighted by molar-refractivity contribution is 0.510. The Morgan fingerprint density at radius 1 is 1.25 bits per heavy atom. The number of hydrogen-bond acceptors (Lipinski definition) is 2. The van der Waals surface area contributed by atoms with Crippen molar-refractivity contribution in [2.24, 2.45) is 0 Å². The number of hydrogen-bond donors (Lipinski definition) is 1. The summed E-state index contributed by atoms with van der Waals surface area (Å²) in [4.78, 5) is 17.8. The zero-order chi connectivity index (χ0) is 11.3. The molecule has 6 heteroatoms. The molecule has 0 aliphatic carbocycles. The number of rotatable bonds is 0. The van der Waals surface area contributed by atoms with Crippen molar-refractivity contribution in [3.63, 3.8) is 0 Å². The highest BCUT2D eigenvalue weighted by atomic mass is 19.2. The third-order valence-corrected chi connectivity index (χ3v) is 2.39. The van der Waals surface area contributed by atoms with Gasteiger partial charge in [0.05, 0.1) is 11.0 Å². The Morgan fingerprint density at radius 2 is 2.00 bits per heavy atom. The van der Waals surface area contributed by atoms with Crippen LogP contribution < -0.4 is 5.56 Å². The van der Waals surface area contributed by atoms with Gasteiger partial charge < -0.3 is 4.98 Å². The summed E-state index contributed by atoms with van der Waals surface area (Å²) < 4.78 is 27.5. The molecule has 0 saturated carbocycles. The average Bonchev–Trinajstić information content (AvgIpc) is 2.71. The molecule has 0 unspecified atom stereocenters. The number of aromatic nitrogens is 3. The van der Waals surface area contributed by atoms with Gasteiger partial charge in [0.1, 0.15) is 0 Å². The molecule has 3 aromatic rings. The van der Waals surface area contributed by atoms with Gasteiger partial charge in [0.2, 0.25) is 5.65 Å². The summed E-state index contributed by atoms with van der Waals surface area (Å²) >= 11 is 0. The molecular weight excluding hydrogens is 216 g/mol. The first kappa shape index (κ1) is 9.02. The molecule has 0 aliphatic rings. The van der Waals surface area contributed by atoms with Crippen LogP contribution in [0, 0.1) is 11.6 Å². The van der Waals surface area contributed by atoms with Crippen molar-refractivity contribution in [3.05, 3.63) is 46.5 Å². The maximum absolute atomic E-state index is 13.1. The minimum absolute atomic E-state index is 0.151. The topological polar surface area (TPSA) is 50.2 Å². The highest BCUT2D eigenvalue weighted by molar-refractivity contribution is 5.77. The van der Waals surface area contributed by atoms with E-state index in [-0.39, 0.29) is 11.2 Å². The molecule has 80 valence electrons. The van der Waals surface area contributed by atoms with Gasteiger partial charge in [-0.1, -0.05) is 0 Å². The molecule has 3 rings (SSSR count). The van der Waals surface area contributed by atoms with Crippen molar-refractivity contribution in [2.75, 3.05) is 0 Å². The normalized spacial score (nSPS) is 11.4. The number of benzene rings is 1. The van der Waals surface area contributed by atoms with E-state index >= 15 is 0 Å². The molecule has 0 aliphatic heterocycles. The third kappa shape index (κ3) is 1.06. The van der Waals surface area contributed by atoms with Gasteiger partial charge in [-0.3, -0.25) is 9.20 Å². The Morgan fingerprint density at radius 3 is 2.81 bits per heavy atom. The first-order valence-corrected chi connectivity index (χ1v) is 4.51. The number of fused-ring (bicyclic) bond motifs is 3. The maximum atomic E-state index is 13.1. The summed E-state index contributed by atoms with van der Waals surface area (Å²) in [7, 11) is 0. The Bertz CT molecular complexity index is 760. The van der Waals surface area contributed by atoms with Crippen LogP contribution in [0.15, 0.2) is 29.3 Å². The molecule has 4 nitrogen and oxygen atoms in total. The van der Waals surface area contributed by atoms with E-state index in [2.05, 4.69) is 9.97 Å².